The number of carbonyl (C=O) groups is 1. The highest BCUT2D eigenvalue weighted by atomic mass is 19.1. The third kappa shape index (κ3) is 5.79. The number of carboxylic acids is 1. The fourth-order valence-electron chi connectivity index (χ4n) is 0.610. The van der Waals surface area contributed by atoms with Crippen molar-refractivity contribution in [1.29, 1.82) is 0 Å². The van der Waals surface area contributed by atoms with E-state index in [9.17, 15) is 9.18 Å². The lowest BCUT2D eigenvalue weighted by Gasteiger charge is -2.03. The van der Waals surface area contributed by atoms with E-state index < -0.39 is 12.3 Å². The van der Waals surface area contributed by atoms with Crippen molar-refractivity contribution in [1.82, 2.24) is 0 Å². The number of ether oxygens (including phenoxy) is 1. The summed E-state index contributed by atoms with van der Waals surface area (Å²) in [7, 11) is 0. The van der Waals surface area contributed by atoms with Gasteiger partial charge in [-0.1, -0.05) is 19.8 Å². The van der Waals surface area contributed by atoms with Crippen LogP contribution >= 0.6 is 0 Å². The summed E-state index contributed by atoms with van der Waals surface area (Å²) < 4.78 is 16.5. The fraction of sp³-hybridized carbons (Fsp3) is 0.857. The van der Waals surface area contributed by atoms with Gasteiger partial charge in [-0.15, -0.1) is 0 Å². The quantitative estimate of drug-likeness (QED) is 0.606. The third-order valence-corrected chi connectivity index (χ3v) is 1.21. The summed E-state index contributed by atoms with van der Waals surface area (Å²) in [5, 5.41) is 8.04. The molecule has 0 radical (unpaired) electrons. The van der Waals surface area contributed by atoms with Crippen LogP contribution in [-0.4, -0.2) is 24.0 Å². The van der Waals surface area contributed by atoms with E-state index in [1.54, 1.807) is 0 Å². The maximum Gasteiger partial charge on any atom is 0.366 e. The second kappa shape index (κ2) is 6.09. The lowest BCUT2D eigenvalue weighted by Crippen LogP contribution is -2.18. The largest absolute Gasteiger partial charge is 0.477 e. The molecule has 4 heteroatoms. The molecule has 0 fully saturated rings. The molecule has 0 aromatic carbocycles. The number of alkyl halides is 1. The molecule has 0 aliphatic rings. The number of rotatable bonds is 6. The Morgan fingerprint density at radius 1 is 1.64 bits per heavy atom. The summed E-state index contributed by atoms with van der Waals surface area (Å²) >= 11 is 0. The van der Waals surface area contributed by atoms with E-state index in [-0.39, 0.29) is 6.61 Å². The molecule has 0 amide bonds. The van der Waals surface area contributed by atoms with E-state index in [4.69, 9.17) is 5.11 Å². The van der Waals surface area contributed by atoms with Gasteiger partial charge in [-0.25, -0.2) is 9.18 Å². The second-order valence-electron chi connectivity index (χ2n) is 2.23. The third-order valence-electron chi connectivity index (χ3n) is 1.21. The van der Waals surface area contributed by atoms with Crippen molar-refractivity contribution in [3.05, 3.63) is 0 Å². The zero-order valence-corrected chi connectivity index (χ0v) is 6.55. The van der Waals surface area contributed by atoms with Gasteiger partial charge in [0.15, 0.2) is 0 Å². The first-order valence-corrected chi connectivity index (χ1v) is 3.67. The van der Waals surface area contributed by atoms with Gasteiger partial charge in [0.05, 0.1) is 6.61 Å². The Morgan fingerprint density at radius 2 is 2.27 bits per heavy atom. The molecule has 11 heavy (non-hydrogen) atoms. The molecule has 1 atom stereocenters. The summed E-state index contributed by atoms with van der Waals surface area (Å²) in [6.45, 7) is 2.19. The zero-order valence-electron chi connectivity index (χ0n) is 6.55. The number of aliphatic carboxylic acids is 1. The molecule has 0 aromatic rings. The monoisotopic (exact) mass is 164 g/mol. The van der Waals surface area contributed by atoms with Gasteiger partial charge in [-0.2, -0.15) is 0 Å². The minimum atomic E-state index is -2.16. The normalized spacial score (nSPS) is 12.9. The van der Waals surface area contributed by atoms with E-state index in [1.807, 2.05) is 6.92 Å². The molecule has 66 valence electrons. The molecular formula is C7H13FO3. The number of unbranched alkanes of at least 4 members (excludes halogenated alkanes) is 2. The lowest BCUT2D eigenvalue weighted by molar-refractivity contribution is -0.163. The first kappa shape index (κ1) is 10.4. The van der Waals surface area contributed by atoms with Crippen LogP contribution in [0.5, 0.6) is 0 Å². The molecule has 3 nitrogen and oxygen atoms in total. The Morgan fingerprint density at radius 3 is 2.73 bits per heavy atom. The maximum atomic E-state index is 12.1. The SMILES string of the molecule is CCCCCOC(F)C(=O)O. The predicted octanol–water partition coefficient (Wildman–Crippen LogP) is 1.57. The van der Waals surface area contributed by atoms with Crippen molar-refractivity contribution >= 4 is 5.97 Å². The van der Waals surface area contributed by atoms with Crippen molar-refractivity contribution < 1.29 is 19.0 Å². The topological polar surface area (TPSA) is 46.5 Å². The van der Waals surface area contributed by atoms with Crippen molar-refractivity contribution in [2.75, 3.05) is 6.61 Å². The molecule has 0 aromatic heterocycles. The van der Waals surface area contributed by atoms with Gasteiger partial charge in [0, 0.05) is 0 Å². The van der Waals surface area contributed by atoms with Crippen LogP contribution in [0.25, 0.3) is 0 Å². The van der Waals surface area contributed by atoms with E-state index in [0.29, 0.717) is 6.42 Å². The van der Waals surface area contributed by atoms with Gasteiger partial charge < -0.3 is 9.84 Å². The van der Waals surface area contributed by atoms with Crippen LogP contribution in [0.3, 0.4) is 0 Å². The molecule has 0 rings (SSSR count). The molecule has 1 N–H and O–H groups in total. The molecule has 0 saturated carbocycles. The fourth-order valence-corrected chi connectivity index (χ4v) is 0.610. The first-order valence-electron chi connectivity index (χ1n) is 3.67. The number of carboxylic acid groups (broad SMARTS) is 1. The van der Waals surface area contributed by atoms with Crippen molar-refractivity contribution in [2.24, 2.45) is 0 Å². The molecule has 0 bridgehead atoms. The Labute approximate surface area is 65.2 Å². The van der Waals surface area contributed by atoms with Crippen LogP contribution in [0, 0.1) is 0 Å². The van der Waals surface area contributed by atoms with Crippen LogP contribution in [0.4, 0.5) is 4.39 Å². The van der Waals surface area contributed by atoms with E-state index in [0.717, 1.165) is 12.8 Å². The molecule has 0 spiro atoms. The summed E-state index contributed by atoms with van der Waals surface area (Å²) in [4.78, 5) is 9.86. The Balaban J connectivity index is 3.17. The van der Waals surface area contributed by atoms with Crippen LogP contribution in [0.1, 0.15) is 26.2 Å². The number of hydrogen-bond acceptors (Lipinski definition) is 2. The number of hydrogen-bond donors (Lipinski definition) is 1. The van der Waals surface area contributed by atoms with Crippen LogP contribution in [0.2, 0.25) is 0 Å². The van der Waals surface area contributed by atoms with E-state index in [2.05, 4.69) is 4.74 Å². The summed E-state index contributed by atoms with van der Waals surface area (Å²) in [6.07, 6.45) is 0.496. The molecular weight excluding hydrogens is 151 g/mol. The van der Waals surface area contributed by atoms with Crippen LogP contribution in [-0.2, 0) is 9.53 Å². The van der Waals surface area contributed by atoms with Gasteiger partial charge in [0.2, 0.25) is 0 Å². The highest BCUT2D eigenvalue weighted by Gasteiger charge is 2.14. The minimum absolute atomic E-state index is 0.182. The van der Waals surface area contributed by atoms with Crippen molar-refractivity contribution in [3.8, 4) is 0 Å². The smallest absolute Gasteiger partial charge is 0.366 e. The molecule has 0 aliphatic carbocycles. The summed E-state index contributed by atoms with van der Waals surface area (Å²) in [5.41, 5.74) is 0. The summed E-state index contributed by atoms with van der Waals surface area (Å²) in [5.74, 6) is -1.55. The molecule has 0 heterocycles. The van der Waals surface area contributed by atoms with Crippen molar-refractivity contribution in [3.63, 3.8) is 0 Å². The van der Waals surface area contributed by atoms with Gasteiger partial charge in [-0.3, -0.25) is 0 Å². The Hall–Kier alpha value is -0.640. The maximum absolute atomic E-state index is 12.1. The summed E-state index contributed by atoms with van der Waals surface area (Å²) in [6, 6.07) is 0. The van der Waals surface area contributed by atoms with E-state index >= 15 is 0 Å². The molecule has 1 unspecified atom stereocenters. The second-order valence-corrected chi connectivity index (χ2v) is 2.23. The van der Waals surface area contributed by atoms with Gasteiger partial charge in [0.1, 0.15) is 0 Å². The first-order chi connectivity index (χ1) is 5.18. The molecule has 0 aliphatic heterocycles. The average molecular weight is 164 g/mol. The van der Waals surface area contributed by atoms with Gasteiger partial charge >= 0.3 is 5.97 Å². The van der Waals surface area contributed by atoms with Crippen molar-refractivity contribution in [2.45, 2.75) is 32.5 Å². The average Bonchev–Trinajstić information content (AvgIpc) is 1.97. The highest BCUT2D eigenvalue weighted by Crippen LogP contribution is 1.98. The lowest BCUT2D eigenvalue weighted by atomic mass is 10.3. The van der Waals surface area contributed by atoms with E-state index in [1.165, 1.54) is 0 Å². The Bertz CT molecular complexity index is 116. The van der Waals surface area contributed by atoms with Crippen LogP contribution < -0.4 is 0 Å². The predicted molar refractivity (Wildman–Crippen MR) is 38.0 cm³/mol. The Kier molecular flexibility index (Phi) is 5.74. The number of halogens is 1. The molecule has 0 saturated heterocycles. The highest BCUT2D eigenvalue weighted by molar-refractivity contribution is 5.70. The van der Waals surface area contributed by atoms with Crippen LogP contribution in [0.15, 0.2) is 0 Å². The standard InChI is InChI=1S/C7H13FO3/c1-2-3-4-5-11-6(8)7(9)10/h6H,2-5H2,1H3,(H,9,10). The zero-order chi connectivity index (χ0) is 8.69. The minimum Gasteiger partial charge on any atom is -0.477 e. The van der Waals surface area contributed by atoms with Gasteiger partial charge in [-0.05, 0) is 6.42 Å². The van der Waals surface area contributed by atoms with Gasteiger partial charge in [0.25, 0.3) is 6.36 Å².